The lowest BCUT2D eigenvalue weighted by molar-refractivity contribution is -0.127. The van der Waals surface area contributed by atoms with Crippen LogP contribution in [0.4, 0.5) is 4.79 Å². The highest BCUT2D eigenvalue weighted by Gasteiger charge is 2.37. The van der Waals surface area contributed by atoms with E-state index in [0.717, 1.165) is 16.7 Å². The zero-order valence-corrected chi connectivity index (χ0v) is 14.8. The highest BCUT2D eigenvalue weighted by Crippen LogP contribution is 2.15. The molecule has 136 valence electrons. The van der Waals surface area contributed by atoms with Gasteiger partial charge in [0.25, 0.3) is 5.91 Å². The molecule has 27 heavy (non-hydrogen) atoms. The Morgan fingerprint density at radius 2 is 1.52 bits per heavy atom. The molecule has 0 spiro atoms. The van der Waals surface area contributed by atoms with Crippen molar-refractivity contribution in [3.8, 4) is 0 Å². The van der Waals surface area contributed by atoms with E-state index in [1.165, 1.54) is 4.90 Å². The predicted octanol–water partition coefficient (Wildman–Crippen LogP) is 2.59. The fraction of sp³-hybridized carbons (Fsp3) is 0.190. The summed E-state index contributed by atoms with van der Waals surface area (Å²) in [4.78, 5) is 26.2. The second kappa shape index (κ2) is 7.45. The van der Waals surface area contributed by atoms with Crippen LogP contribution in [0.15, 0.2) is 73.1 Å². The fourth-order valence-corrected chi connectivity index (χ4v) is 3.24. The van der Waals surface area contributed by atoms with Crippen molar-refractivity contribution in [2.75, 3.05) is 0 Å². The summed E-state index contributed by atoms with van der Waals surface area (Å²) in [6.07, 6.45) is 4.07. The number of rotatable bonds is 6. The van der Waals surface area contributed by atoms with E-state index >= 15 is 0 Å². The summed E-state index contributed by atoms with van der Waals surface area (Å²) in [7, 11) is 0. The summed E-state index contributed by atoms with van der Waals surface area (Å²) in [6, 6.07) is 18.8. The highest BCUT2D eigenvalue weighted by molar-refractivity contribution is 6.04. The summed E-state index contributed by atoms with van der Waals surface area (Å²) in [5.74, 6) is -0.195. The van der Waals surface area contributed by atoms with Crippen LogP contribution >= 0.6 is 0 Å². The van der Waals surface area contributed by atoms with Crippen LogP contribution in [0.2, 0.25) is 0 Å². The third-order valence-corrected chi connectivity index (χ3v) is 4.60. The Morgan fingerprint density at radius 1 is 0.852 bits per heavy atom. The highest BCUT2D eigenvalue weighted by atomic mass is 16.2. The first-order valence-electron chi connectivity index (χ1n) is 8.90. The summed E-state index contributed by atoms with van der Waals surface area (Å²) in [5, 5.41) is 7.12. The number of amides is 3. The molecule has 3 amide bonds. The Balaban J connectivity index is 1.40. The van der Waals surface area contributed by atoms with Crippen LogP contribution in [-0.2, 0) is 24.3 Å². The molecule has 0 aliphatic carbocycles. The minimum Gasteiger partial charge on any atom is -0.325 e. The molecule has 1 saturated heterocycles. The first-order valence-corrected chi connectivity index (χ1v) is 8.90. The molecular weight excluding hydrogens is 340 g/mol. The lowest BCUT2D eigenvalue weighted by Crippen LogP contribution is -2.32. The second-order valence-corrected chi connectivity index (χ2v) is 6.65. The van der Waals surface area contributed by atoms with Gasteiger partial charge in [-0.15, -0.1) is 0 Å². The maximum Gasteiger partial charge on any atom is 0.325 e. The van der Waals surface area contributed by atoms with Crippen molar-refractivity contribution in [2.24, 2.45) is 0 Å². The number of nitrogens with one attached hydrogen (secondary N) is 1. The van der Waals surface area contributed by atoms with Crippen molar-refractivity contribution < 1.29 is 9.59 Å². The van der Waals surface area contributed by atoms with E-state index in [4.69, 9.17) is 0 Å². The van der Waals surface area contributed by atoms with E-state index in [0.29, 0.717) is 13.0 Å². The number of hydrogen-bond donors (Lipinski definition) is 1. The number of imide groups is 1. The van der Waals surface area contributed by atoms with E-state index in [9.17, 15) is 9.59 Å². The van der Waals surface area contributed by atoms with Gasteiger partial charge >= 0.3 is 6.03 Å². The Hall–Kier alpha value is -3.41. The zero-order chi connectivity index (χ0) is 18.6. The molecule has 0 radical (unpaired) electrons. The molecule has 1 N–H and O–H groups in total. The van der Waals surface area contributed by atoms with E-state index in [1.807, 2.05) is 71.5 Å². The third-order valence-electron chi connectivity index (χ3n) is 4.60. The number of urea groups is 1. The number of hydrogen-bond acceptors (Lipinski definition) is 3. The molecule has 2 aromatic carbocycles. The van der Waals surface area contributed by atoms with Crippen LogP contribution < -0.4 is 5.32 Å². The topological polar surface area (TPSA) is 67.2 Å². The molecule has 1 aliphatic rings. The van der Waals surface area contributed by atoms with Gasteiger partial charge < -0.3 is 5.32 Å². The minimum absolute atomic E-state index is 0.195. The monoisotopic (exact) mass is 360 g/mol. The molecule has 1 atom stereocenters. The van der Waals surface area contributed by atoms with E-state index in [-0.39, 0.29) is 18.5 Å². The van der Waals surface area contributed by atoms with Crippen LogP contribution in [0.3, 0.4) is 0 Å². The van der Waals surface area contributed by atoms with Gasteiger partial charge in [-0.1, -0.05) is 60.7 Å². The smallest absolute Gasteiger partial charge is 0.325 e. The van der Waals surface area contributed by atoms with Crippen molar-refractivity contribution in [3.63, 3.8) is 0 Å². The standard InChI is InChI=1S/C21H20N4O2/c26-20-19(11-16-7-3-1-4-8-16)23-21(27)25(20)15-18-12-22-24(14-18)13-17-9-5-2-6-10-17/h1-10,12,14,19H,11,13,15H2,(H,23,27)/t19-/m0/s1. The second-order valence-electron chi connectivity index (χ2n) is 6.65. The van der Waals surface area contributed by atoms with Gasteiger partial charge in [-0.3, -0.25) is 14.4 Å². The van der Waals surface area contributed by atoms with Gasteiger partial charge in [-0.2, -0.15) is 5.10 Å². The molecule has 0 bridgehead atoms. The van der Waals surface area contributed by atoms with Gasteiger partial charge in [0, 0.05) is 18.2 Å². The molecule has 2 heterocycles. The lowest BCUT2D eigenvalue weighted by Gasteiger charge is -2.11. The van der Waals surface area contributed by atoms with Gasteiger partial charge in [0.2, 0.25) is 0 Å². The Labute approximate surface area is 157 Å². The van der Waals surface area contributed by atoms with Crippen molar-refractivity contribution in [2.45, 2.75) is 25.6 Å². The van der Waals surface area contributed by atoms with Crippen LogP contribution in [0, 0.1) is 0 Å². The number of carbonyl (C=O) groups is 2. The van der Waals surface area contributed by atoms with Crippen molar-refractivity contribution in [1.29, 1.82) is 0 Å². The molecule has 3 aromatic rings. The first kappa shape index (κ1) is 17.0. The largest absolute Gasteiger partial charge is 0.325 e. The van der Waals surface area contributed by atoms with E-state index < -0.39 is 6.04 Å². The van der Waals surface area contributed by atoms with Gasteiger partial charge in [-0.25, -0.2) is 4.79 Å². The molecule has 0 saturated carbocycles. The van der Waals surface area contributed by atoms with Gasteiger partial charge in [0.05, 0.1) is 19.3 Å². The Morgan fingerprint density at radius 3 is 2.22 bits per heavy atom. The summed E-state index contributed by atoms with van der Waals surface area (Å²) >= 11 is 0. The van der Waals surface area contributed by atoms with Crippen molar-refractivity contribution in [1.82, 2.24) is 20.0 Å². The average Bonchev–Trinajstić information content (AvgIpc) is 3.23. The van der Waals surface area contributed by atoms with Crippen LogP contribution in [0.1, 0.15) is 16.7 Å². The average molecular weight is 360 g/mol. The molecule has 4 rings (SSSR count). The van der Waals surface area contributed by atoms with Gasteiger partial charge in [-0.05, 0) is 11.1 Å². The summed E-state index contributed by atoms with van der Waals surface area (Å²) < 4.78 is 1.81. The van der Waals surface area contributed by atoms with Crippen LogP contribution in [0.5, 0.6) is 0 Å². The number of carbonyl (C=O) groups excluding carboxylic acids is 2. The molecule has 6 nitrogen and oxygen atoms in total. The lowest BCUT2D eigenvalue weighted by atomic mass is 10.1. The summed E-state index contributed by atoms with van der Waals surface area (Å²) in [6.45, 7) is 0.877. The van der Waals surface area contributed by atoms with Crippen LogP contribution in [0.25, 0.3) is 0 Å². The molecule has 1 aromatic heterocycles. The molecule has 6 heteroatoms. The van der Waals surface area contributed by atoms with E-state index in [2.05, 4.69) is 10.4 Å². The Bertz CT molecular complexity index is 937. The first-order chi connectivity index (χ1) is 13.2. The Kier molecular flexibility index (Phi) is 4.70. The molecule has 1 fully saturated rings. The summed E-state index contributed by atoms with van der Waals surface area (Å²) in [5.41, 5.74) is 2.99. The quantitative estimate of drug-likeness (QED) is 0.687. The predicted molar refractivity (Wildman–Crippen MR) is 101 cm³/mol. The van der Waals surface area contributed by atoms with E-state index in [1.54, 1.807) is 6.20 Å². The maximum atomic E-state index is 12.6. The van der Waals surface area contributed by atoms with Crippen molar-refractivity contribution in [3.05, 3.63) is 89.7 Å². The molecule has 1 aliphatic heterocycles. The number of aromatic nitrogens is 2. The minimum atomic E-state index is -0.515. The molecular formula is C21H20N4O2. The van der Waals surface area contributed by atoms with Gasteiger partial charge in [0.1, 0.15) is 6.04 Å². The SMILES string of the molecule is O=C1N[C@@H](Cc2ccccc2)C(=O)N1Cc1cnn(Cc2ccccc2)c1. The fourth-order valence-electron chi connectivity index (χ4n) is 3.24. The normalized spacial score (nSPS) is 16.6. The van der Waals surface area contributed by atoms with Gasteiger partial charge in [0.15, 0.2) is 0 Å². The zero-order valence-electron chi connectivity index (χ0n) is 14.8. The van der Waals surface area contributed by atoms with Crippen molar-refractivity contribution >= 4 is 11.9 Å². The number of benzene rings is 2. The molecule has 0 unspecified atom stereocenters. The van der Waals surface area contributed by atoms with Crippen LogP contribution in [-0.4, -0.2) is 32.7 Å². The third kappa shape index (κ3) is 3.89. The maximum absolute atomic E-state index is 12.6. The number of nitrogens with zero attached hydrogens (tertiary/aromatic N) is 3.